The largest absolute Gasteiger partial charge is 0.393 e. The van der Waals surface area contributed by atoms with Gasteiger partial charge in [0.05, 0.1) is 6.10 Å². The second-order valence-corrected chi connectivity index (χ2v) is 6.75. The van der Waals surface area contributed by atoms with E-state index in [2.05, 4.69) is 20.8 Å². The second kappa shape index (κ2) is 6.05. The minimum Gasteiger partial charge on any atom is -0.393 e. The molecule has 1 aromatic heterocycles. The van der Waals surface area contributed by atoms with Crippen molar-refractivity contribution in [1.82, 2.24) is 15.5 Å². The van der Waals surface area contributed by atoms with Crippen LogP contribution in [0.15, 0.2) is 0 Å². The van der Waals surface area contributed by atoms with E-state index in [1.54, 1.807) is 0 Å². The molecule has 3 rings (SSSR count). The monoisotopic (exact) mass is 296 g/mol. The van der Waals surface area contributed by atoms with Crippen molar-refractivity contribution >= 4 is 22.5 Å². The number of carbonyl (C=O) groups excluding carboxylic acids is 1. The number of amides is 2. The Kier molecular flexibility index (Phi) is 4.16. The summed E-state index contributed by atoms with van der Waals surface area (Å²) in [7, 11) is 0. The number of nitrogens with zero attached hydrogens (tertiary/aromatic N) is 2. The van der Waals surface area contributed by atoms with Gasteiger partial charge in [0.2, 0.25) is 5.13 Å². The minimum absolute atomic E-state index is 0.206. The van der Waals surface area contributed by atoms with Gasteiger partial charge in [0.15, 0.2) is 0 Å². The van der Waals surface area contributed by atoms with Crippen LogP contribution in [-0.4, -0.2) is 34.0 Å². The van der Waals surface area contributed by atoms with Crippen molar-refractivity contribution in [1.29, 1.82) is 0 Å². The van der Waals surface area contributed by atoms with E-state index >= 15 is 0 Å². The normalized spacial score (nSPS) is 26.2. The minimum atomic E-state index is -0.233. The van der Waals surface area contributed by atoms with Crippen molar-refractivity contribution in [3.8, 4) is 0 Å². The lowest BCUT2D eigenvalue weighted by Crippen LogP contribution is -2.35. The Morgan fingerprint density at radius 1 is 1.30 bits per heavy atom. The lowest BCUT2D eigenvalue weighted by atomic mass is 9.87. The summed E-state index contributed by atoms with van der Waals surface area (Å²) in [6.45, 7) is 0.608. The Bertz CT molecular complexity index is 475. The third-order valence-corrected chi connectivity index (χ3v) is 4.90. The Morgan fingerprint density at radius 2 is 2.15 bits per heavy atom. The van der Waals surface area contributed by atoms with Gasteiger partial charge >= 0.3 is 6.03 Å². The smallest absolute Gasteiger partial charge is 0.321 e. The maximum absolute atomic E-state index is 11.8. The molecule has 2 fully saturated rings. The van der Waals surface area contributed by atoms with Gasteiger partial charge in [0.25, 0.3) is 0 Å². The summed E-state index contributed by atoms with van der Waals surface area (Å²) in [6.07, 6.45) is 5.94. The molecule has 110 valence electrons. The summed E-state index contributed by atoms with van der Waals surface area (Å²) in [5, 5.41) is 24.8. The first-order valence-electron chi connectivity index (χ1n) is 7.27. The van der Waals surface area contributed by atoms with Crippen LogP contribution in [0.5, 0.6) is 0 Å². The van der Waals surface area contributed by atoms with Gasteiger partial charge in [0, 0.05) is 12.5 Å². The number of hydrogen-bond acceptors (Lipinski definition) is 5. The maximum atomic E-state index is 11.8. The van der Waals surface area contributed by atoms with E-state index in [1.165, 1.54) is 24.2 Å². The van der Waals surface area contributed by atoms with Crippen LogP contribution in [0, 0.1) is 5.92 Å². The number of aliphatic hydroxyl groups excluding tert-OH is 1. The lowest BCUT2D eigenvalue weighted by Gasteiger charge is -2.25. The van der Waals surface area contributed by atoms with Crippen LogP contribution in [0.3, 0.4) is 0 Å². The van der Waals surface area contributed by atoms with E-state index in [1.807, 2.05) is 0 Å². The highest BCUT2D eigenvalue weighted by atomic mass is 32.1. The fourth-order valence-electron chi connectivity index (χ4n) is 2.61. The molecule has 2 unspecified atom stereocenters. The molecule has 2 saturated carbocycles. The van der Waals surface area contributed by atoms with Crippen LogP contribution in [0.2, 0.25) is 0 Å². The van der Waals surface area contributed by atoms with Gasteiger partial charge in [-0.2, -0.15) is 0 Å². The molecule has 2 amide bonds. The fourth-order valence-corrected chi connectivity index (χ4v) is 3.51. The first-order chi connectivity index (χ1) is 9.70. The molecule has 0 spiro atoms. The van der Waals surface area contributed by atoms with E-state index in [0.29, 0.717) is 23.5 Å². The van der Waals surface area contributed by atoms with Crippen LogP contribution in [0.25, 0.3) is 0 Å². The van der Waals surface area contributed by atoms with E-state index in [-0.39, 0.29) is 12.1 Å². The first-order valence-corrected chi connectivity index (χ1v) is 8.08. The molecule has 2 atom stereocenters. The Labute approximate surface area is 122 Å². The zero-order valence-electron chi connectivity index (χ0n) is 11.3. The van der Waals surface area contributed by atoms with E-state index in [9.17, 15) is 9.90 Å². The average molecular weight is 296 g/mol. The summed E-state index contributed by atoms with van der Waals surface area (Å²) in [4.78, 5) is 11.8. The van der Waals surface area contributed by atoms with Crippen molar-refractivity contribution in [3.05, 3.63) is 5.01 Å². The van der Waals surface area contributed by atoms with Gasteiger partial charge in [-0.05, 0) is 38.0 Å². The standard InChI is InChI=1S/C13H20N4O2S/c18-10-3-1-2-8(6-10)7-14-12(19)15-13-17-16-11(20-13)9-4-5-9/h8-10,18H,1-7H2,(H2,14,15,17,19). The number of rotatable bonds is 4. The molecule has 6 nitrogen and oxygen atoms in total. The van der Waals surface area contributed by atoms with Crippen LogP contribution < -0.4 is 10.6 Å². The highest BCUT2D eigenvalue weighted by Gasteiger charge is 2.27. The van der Waals surface area contributed by atoms with Crippen molar-refractivity contribution in [2.75, 3.05) is 11.9 Å². The summed E-state index contributed by atoms with van der Waals surface area (Å²) < 4.78 is 0. The molecular weight excluding hydrogens is 276 g/mol. The van der Waals surface area contributed by atoms with Crippen molar-refractivity contribution in [3.63, 3.8) is 0 Å². The maximum Gasteiger partial charge on any atom is 0.321 e. The van der Waals surface area contributed by atoms with Crippen LogP contribution >= 0.6 is 11.3 Å². The molecule has 7 heteroatoms. The topological polar surface area (TPSA) is 87.1 Å². The number of nitrogens with one attached hydrogen (secondary N) is 2. The number of aliphatic hydroxyl groups is 1. The molecule has 0 saturated heterocycles. The van der Waals surface area contributed by atoms with Gasteiger partial charge in [-0.15, -0.1) is 10.2 Å². The number of carbonyl (C=O) groups is 1. The van der Waals surface area contributed by atoms with E-state index in [0.717, 1.165) is 30.7 Å². The molecule has 0 aromatic carbocycles. The summed E-state index contributed by atoms with van der Waals surface area (Å²) in [6, 6.07) is -0.233. The third-order valence-electron chi connectivity index (χ3n) is 3.89. The van der Waals surface area contributed by atoms with Gasteiger partial charge in [-0.3, -0.25) is 5.32 Å². The second-order valence-electron chi connectivity index (χ2n) is 5.74. The predicted molar refractivity (Wildman–Crippen MR) is 76.9 cm³/mol. The van der Waals surface area contributed by atoms with Gasteiger partial charge in [-0.25, -0.2) is 4.79 Å². The molecule has 2 aliphatic carbocycles. The van der Waals surface area contributed by atoms with E-state index in [4.69, 9.17) is 0 Å². The van der Waals surface area contributed by atoms with Crippen LogP contribution in [0.4, 0.5) is 9.93 Å². The van der Waals surface area contributed by atoms with Crippen LogP contribution in [0.1, 0.15) is 49.5 Å². The van der Waals surface area contributed by atoms with Gasteiger partial charge in [0.1, 0.15) is 5.01 Å². The Hall–Kier alpha value is -1.21. The average Bonchev–Trinajstić information content (AvgIpc) is 3.18. The molecule has 0 aliphatic heterocycles. The lowest BCUT2D eigenvalue weighted by molar-refractivity contribution is 0.101. The molecule has 20 heavy (non-hydrogen) atoms. The summed E-state index contributed by atoms with van der Waals surface area (Å²) >= 11 is 1.46. The Morgan fingerprint density at radius 3 is 2.90 bits per heavy atom. The number of urea groups is 1. The van der Waals surface area contributed by atoms with Crippen LogP contribution in [-0.2, 0) is 0 Å². The highest BCUT2D eigenvalue weighted by Crippen LogP contribution is 2.41. The number of hydrogen-bond donors (Lipinski definition) is 3. The third kappa shape index (κ3) is 3.67. The highest BCUT2D eigenvalue weighted by molar-refractivity contribution is 7.15. The molecular formula is C13H20N4O2S. The Balaban J connectivity index is 1.42. The fraction of sp³-hybridized carbons (Fsp3) is 0.769. The molecule has 2 aliphatic rings. The molecule has 1 heterocycles. The molecule has 1 aromatic rings. The molecule has 0 radical (unpaired) electrons. The first kappa shape index (κ1) is 13.8. The quantitative estimate of drug-likeness (QED) is 0.794. The predicted octanol–water partition coefficient (Wildman–Crippen LogP) is 2.09. The number of aromatic nitrogens is 2. The summed E-state index contributed by atoms with van der Waals surface area (Å²) in [5.74, 6) is 0.941. The van der Waals surface area contributed by atoms with E-state index < -0.39 is 0 Å². The SMILES string of the molecule is O=C(NCC1CCCC(O)C1)Nc1nnc(C2CC2)s1. The van der Waals surface area contributed by atoms with Crippen molar-refractivity contribution < 1.29 is 9.90 Å². The zero-order chi connectivity index (χ0) is 13.9. The summed E-state index contributed by atoms with van der Waals surface area (Å²) in [5.41, 5.74) is 0. The molecule has 0 bridgehead atoms. The van der Waals surface area contributed by atoms with Crippen molar-refractivity contribution in [2.45, 2.75) is 50.5 Å². The van der Waals surface area contributed by atoms with Gasteiger partial charge < -0.3 is 10.4 Å². The zero-order valence-corrected chi connectivity index (χ0v) is 12.2. The number of anilines is 1. The van der Waals surface area contributed by atoms with Crippen molar-refractivity contribution in [2.24, 2.45) is 5.92 Å². The van der Waals surface area contributed by atoms with Gasteiger partial charge in [-0.1, -0.05) is 17.8 Å². The molecule has 3 N–H and O–H groups in total.